The summed E-state index contributed by atoms with van der Waals surface area (Å²) in [5.74, 6) is 2.09. The van der Waals surface area contributed by atoms with Gasteiger partial charge in [-0.05, 0) is 71.3 Å². The summed E-state index contributed by atoms with van der Waals surface area (Å²) in [4.78, 5) is 25.1. The number of anilines is 2. The van der Waals surface area contributed by atoms with E-state index < -0.39 is 0 Å². The van der Waals surface area contributed by atoms with E-state index in [0.717, 1.165) is 69.5 Å². The molecule has 6 rings (SSSR count). The molecule has 0 unspecified atom stereocenters. The minimum absolute atomic E-state index is 0.0130. The number of hydrogen-bond acceptors (Lipinski definition) is 5. The Morgan fingerprint density at radius 2 is 1.42 bits per heavy atom. The number of para-hydroxylation sites is 1. The fourth-order valence-corrected chi connectivity index (χ4v) is 5.74. The van der Waals surface area contributed by atoms with Crippen LogP contribution in [0.2, 0.25) is 0 Å². The summed E-state index contributed by atoms with van der Waals surface area (Å²) in [6, 6.07) is 26.9. The van der Waals surface area contributed by atoms with Gasteiger partial charge in [-0.2, -0.15) is 4.98 Å². The molecule has 0 saturated heterocycles. The summed E-state index contributed by atoms with van der Waals surface area (Å²) < 4.78 is 0. The van der Waals surface area contributed by atoms with Gasteiger partial charge in [0, 0.05) is 32.1 Å². The quantitative estimate of drug-likeness (QED) is 0.262. The van der Waals surface area contributed by atoms with Crippen molar-refractivity contribution < 1.29 is 4.79 Å². The smallest absolute Gasteiger partial charge is 0.252 e. The number of amides is 1. The third-order valence-corrected chi connectivity index (χ3v) is 7.74. The van der Waals surface area contributed by atoms with Crippen LogP contribution in [0.3, 0.4) is 0 Å². The molecule has 0 radical (unpaired) electrons. The third-order valence-electron chi connectivity index (χ3n) is 7.74. The number of nitrogens with zero attached hydrogens (tertiary/aromatic N) is 3. The van der Waals surface area contributed by atoms with Crippen molar-refractivity contribution in [3.8, 4) is 0 Å². The van der Waals surface area contributed by atoms with Gasteiger partial charge in [-0.25, -0.2) is 4.98 Å². The van der Waals surface area contributed by atoms with E-state index in [9.17, 15) is 4.79 Å². The molecule has 0 spiro atoms. The number of rotatable bonds is 6. The van der Waals surface area contributed by atoms with Crippen molar-refractivity contribution >= 4 is 50.1 Å². The fourth-order valence-electron chi connectivity index (χ4n) is 5.74. The highest BCUT2D eigenvalue weighted by Gasteiger charge is 2.23. The average Bonchev–Trinajstić information content (AvgIpc) is 2.95. The Hall–Kier alpha value is -4.19. The number of fused-ring (bicyclic) bond motifs is 3. The monoisotopic (exact) mass is 503 g/mol. The molecule has 2 N–H and O–H groups in total. The van der Waals surface area contributed by atoms with Crippen LogP contribution in [0.5, 0.6) is 0 Å². The van der Waals surface area contributed by atoms with Crippen molar-refractivity contribution in [1.29, 1.82) is 0 Å². The first kappa shape index (κ1) is 24.2. The predicted octanol–water partition coefficient (Wildman–Crippen LogP) is 6.40. The van der Waals surface area contributed by atoms with Gasteiger partial charge in [0.1, 0.15) is 5.82 Å². The Morgan fingerprint density at radius 3 is 2.08 bits per heavy atom. The van der Waals surface area contributed by atoms with Gasteiger partial charge < -0.3 is 15.5 Å². The van der Waals surface area contributed by atoms with Gasteiger partial charge in [0.25, 0.3) is 5.91 Å². The van der Waals surface area contributed by atoms with Crippen LogP contribution in [-0.2, 0) is 0 Å². The molecule has 0 atom stereocenters. The zero-order valence-electron chi connectivity index (χ0n) is 21.9. The molecule has 1 aliphatic rings. The molecule has 6 nitrogen and oxygen atoms in total. The van der Waals surface area contributed by atoms with Crippen LogP contribution >= 0.6 is 0 Å². The first-order valence-corrected chi connectivity index (χ1v) is 13.5. The topological polar surface area (TPSA) is 70.2 Å². The standard InChI is InChI=1S/C32H33N5O/c1-37(2)30-27-13-7-8-14-28(27)35-32(36-30)34-24-17-15-21(16-18-24)20-33-31(38)29-25-11-5-3-9-22(25)19-23-10-4-6-12-26(23)29/h3-14,19,21,24H,15-18,20H2,1-2H3,(H,33,38)(H,34,35,36). The van der Waals surface area contributed by atoms with E-state index in [0.29, 0.717) is 24.5 Å². The molecule has 1 amide bonds. The first-order chi connectivity index (χ1) is 18.6. The maximum absolute atomic E-state index is 13.5. The van der Waals surface area contributed by atoms with E-state index in [-0.39, 0.29) is 5.91 Å². The molecule has 4 aromatic carbocycles. The molecule has 192 valence electrons. The van der Waals surface area contributed by atoms with Crippen molar-refractivity contribution in [3.05, 3.63) is 84.4 Å². The van der Waals surface area contributed by atoms with Gasteiger partial charge in [0.2, 0.25) is 5.95 Å². The number of aromatic nitrogens is 2. The Balaban J connectivity index is 1.11. The number of nitrogens with one attached hydrogen (secondary N) is 2. The number of carbonyl (C=O) groups is 1. The third kappa shape index (κ3) is 4.74. The normalized spacial score (nSPS) is 17.5. The number of carbonyl (C=O) groups excluding carboxylic acids is 1. The van der Waals surface area contributed by atoms with E-state index in [2.05, 4.69) is 34.9 Å². The van der Waals surface area contributed by atoms with Gasteiger partial charge in [-0.15, -0.1) is 0 Å². The van der Waals surface area contributed by atoms with E-state index in [4.69, 9.17) is 9.97 Å². The highest BCUT2D eigenvalue weighted by molar-refractivity contribution is 6.18. The lowest BCUT2D eigenvalue weighted by atomic mass is 9.86. The minimum atomic E-state index is 0.0130. The van der Waals surface area contributed by atoms with Gasteiger partial charge >= 0.3 is 0 Å². The number of hydrogen-bond donors (Lipinski definition) is 2. The van der Waals surface area contributed by atoms with Crippen molar-refractivity contribution in [2.75, 3.05) is 30.9 Å². The second-order valence-corrected chi connectivity index (χ2v) is 10.5. The zero-order chi connectivity index (χ0) is 26.1. The van der Waals surface area contributed by atoms with Gasteiger partial charge in [0.05, 0.1) is 11.1 Å². The Labute approximate surface area is 223 Å². The van der Waals surface area contributed by atoms with Crippen LogP contribution < -0.4 is 15.5 Å². The molecule has 0 bridgehead atoms. The number of benzene rings is 4. The minimum Gasteiger partial charge on any atom is -0.362 e. The summed E-state index contributed by atoms with van der Waals surface area (Å²) in [5.41, 5.74) is 1.73. The Morgan fingerprint density at radius 1 is 0.816 bits per heavy atom. The average molecular weight is 504 g/mol. The fraction of sp³-hybridized carbons (Fsp3) is 0.281. The second kappa shape index (κ2) is 10.3. The van der Waals surface area contributed by atoms with Crippen molar-refractivity contribution in [3.63, 3.8) is 0 Å². The Bertz CT molecular complexity index is 1570. The van der Waals surface area contributed by atoms with Crippen LogP contribution in [-0.4, -0.2) is 42.6 Å². The van der Waals surface area contributed by atoms with Crippen LogP contribution in [0, 0.1) is 5.92 Å². The molecule has 1 saturated carbocycles. The van der Waals surface area contributed by atoms with E-state index in [1.165, 1.54) is 0 Å². The summed E-state index contributed by atoms with van der Waals surface area (Å²) in [6.07, 6.45) is 4.18. The van der Waals surface area contributed by atoms with Crippen LogP contribution in [0.4, 0.5) is 11.8 Å². The second-order valence-electron chi connectivity index (χ2n) is 10.5. The maximum Gasteiger partial charge on any atom is 0.252 e. The molecule has 5 aromatic rings. The highest BCUT2D eigenvalue weighted by atomic mass is 16.1. The first-order valence-electron chi connectivity index (χ1n) is 13.5. The largest absolute Gasteiger partial charge is 0.362 e. The lowest BCUT2D eigenvalue weighted by Gasteiger charge is -2.29. The van der Waals surface area contributed by atoms with Crippen molar-refractivity contribution in [2.24, 2.45) is 5.92 Å². The Kier molecular flexibility index (Phi) is 6.54. The van der Waals surface area contributed by atoms with E-state index in [1.807, 2.05) is 73.6 Å². The SMILES string of the molecule is CN(C)c1nc(NC2CCC(CNC(=O)c3c4ccccc4cc4ccccc34)CC2)nc2ccccc12. The van der Waals surface area contributed by atoms with Gasteiger partial charge in [-0.3, -0.25) is 4.79 Å². The molecule has 38 heavy (non-hydrogen) atoms. The molecule has 6 heteroatoms. The zero-order valence-corrected chi connectivity index (χ0v) is 21.9. The summed E-state index contributed by atoms with van der Waals surface area (Å²) in [7, 11) is 4.03. The molecule has 1 heterocycles. The lowest BCUT2D eigenvalue weighted by Crippen LogP contribution is -2.34. The molecule has 1 fully saturated rings. The van der Waals surface area contributed by atoms with E-state index >= 15 is 0 Å². The lowest BCUT2D eigenvalue weighted by molar-refractivity contribution is 0.0946. The predicted molar refractivity (Wildman–Crippen MR) is 157 cm³/mol. The summed E-state index contributed by atoms with van der Waals surface area (Å²) in [6.45, 7) is 0.695. The molecular formula is C32H33N5O. The molecule has 1 aliphatic carbocycles. The molecule has 0 aliphatic heterocycles. The van der Waals surface area contributed by atoms with Crippen LogP contribution in [0.1, 0.15) is 36.0 Å². The van der Waals surface area contributed by atoms with Gasteiger partial charge in [-0.1, -0.05) is 60.7 Å². The summed E-state index contributed by atoms with van der Waals surface area (Å²) >= 11 is 0. The highest BCUT2D eigenvalue weighted by Crippen LogP contribution is 2.30. The van der Waals surface area contributed by atoms with Crippen LogP contribution in [0.25, 0.3) is 32.4 Å². The molecule has 1 aromatic heterocycles. The maximum atomic E-state index is 13.5. The van der Waals surface area contributed by atoms with Gasteiger partial charge in [0.15, 0.2) is 0 Å². The van der Waals surface area contributed by atoms with Crippen molar-refractivity contribution in [1.82, 2.24) is 15.3 Å². The van der Waals surface area contributed by atoms with Crippen molar-refractivity contribution in [2.45, 2.75) is 31.7 Å². The summed E-state index contributed by atoms with van der Waals surface area (Å²) in [5, 5.41) is 12.1. The molecular weight excluding hydrogens is 470 g/mol. The van der Waals surface area contributed by atoms with Crippen LogP contribution in [0.15, 0.2) is 78.9 Å². The van der Waals surface area contributed by atoms with E-state index in [1.54, 1.807) is 0 Å².